The highest BCUT2D eigenvalue weighted by molar-refractivity contribution is 5.97. The monoisotopic (exact) mass is 280 g/mol. The molecule has 1 aliphatic rings. The van der Waals surface area contributed by atoms with E-state index in [-0.39, 0.29) is 5.91 Å². The first-order valence-electron chi connectivity index (χ1n) is 7.29. The fourth-order valence-corrected chi connectivity index (χ4v) is 3.12. The van der Waals surface area contributed by atoms with Gasteiger partial charge in [-0.1, -0.05) is 30.3 Å². The quantitative estimate of drug-likeness (QED) is 0.816. The molecule has 108 valence electrons. The Morgan fingerprint density at radius 2 is 1.76 bits per heavy atom. The maximum Gasteiger partial charge on any atom is 0.254 e. The van der Waals surface area contributed by atoms with Crippen LogP contribution in [0.15, 0.2) is 36.4 Å². The molecular formula is C18H20N2O. The van der Waals surface area contributed by atoms with Crippen LogP contribution in [-0.2, 0) is 13.0 Å². The summed E-state index contributed by atoms with van der Waals surface area (Å²) in [5, 5.41) is 0. The largest absolute Gasteiger partial charge is 0.398 e. The summed E-state index contributed by atoms with van der Waals surface area (Å²) >= 11 is 0. The van der Waals surface area contributed by atoms with Crippen molar-refractivity contribution in [2.24, 2.45) is 0 Å². The SMILES string of the molecule is Cc1cccc(C)c1C(=O)N1CCc2c(N)cccc2C1. The number of carbonyl (C=O) groups is 1. The van der Waals surface area contributed by atoms with Crippen molar-refractivity contribution < 1.29 is 4.79 Å². The maximum atomic E-state index is 12.8. The second-order valence-electron chi connectivity index (χ2n) is 5.73. The Labute approximate surface area is 125 Å². The van der Waals surface area contributed by atoms with Gasteiger partial charge in [-0.15, -0.1) is 0 Å². The number of hydrogen-bond acceptors (Lipinski definition) is 2. The molecule has 0 spiro atoms. The lowest BCUT2D eigenvalue weighted by Gasteiger charge is -2.30. The molecule has 0 fully saturated rings. The van der Waals surface area contributed by atoms with E-state index >= 15 is 0 Å². The van der Waals surface area contributed by atoms with Crippen molar-refractivity contribution in [3.8, 4) is 0 Å². The van der Waals surface area contributed by atoms with E-state index in [0.717, 1.165) is 35.3 Å². The van der Waals surface area contributed by atoms with E-state index in [4.69, 9.17) is 5.73 Å². The zero-order valence-electron chi connectivity index (χ0n) is 12.5. The summed E-state index contributed by atoms with van der Waals surface area (Å²) in [5.74, 6) is 0.124. The standard InChI is InChI=1S/C18H20N2O/c1-12-5-3-6-13(2)17(12)18(21)20-10-9-15-14(11-20)7-4-8-16(15)19/h3-8H,9-11,19H2,1-2H3. The van der Waals surface area contributed by atoms with Crippen molar-refractivity contribution in [2.45, 2.75) is 26.8 Å². The number of amides is 1. The molecule has 2 aromatic carbocycles. The Morgan fingerprint density at radius 3 is 2.48 bits per heavy atom. The van der Waals surface area contributed by atoms with Crippen LogP contribution in [0.1, 0.15) is 32.6 Å². The smallest absolute Gasteiger partial charge is 0.254 e. The van der Waals surface area contributed by atoms with Crippen LogP contribution in [0, 0.1) is 13.8 Å². The van der Waals surface area contributed by atoms with Crippen LogP contribution in [0.25, 0.3) is 0 Å². The number of benzene rings is 2. The molecule has 0 atom stereocenters. The number of fused-ring (bicyclic) bond motifs is 1. The van der Waals surface area contributed by atoms with Crippen LogP contribution in [0.3, 0.4) is 0 Å². The Bertz CT molecular complexity index is 686. The lowest BCUT2D eigenvalue weighted by Crippen LogP contribution is -2.37. The second kappa shape index (κ2) is 5.24. The summed E-state index contributed by atoms with van der Waals surface area (Å²) in [6, 6.07) is 11.9. The Morgan fingerprint density at radius 1 is 1.10 bits per heavy atom. The summed E-state index contributed by atoms with van der Waals surface area (Å²) in [6.45, 7) is 5.37. The van der Waals surface area contributed by atoms with E-state index in [1.54, 1.807) is 0 Å². The van der Waals surface area contributed by atoms with Gasteiger partial charge in [0, 0.05) is 24.3 Å². The molecule has 21 heavy (non-hydrogen) atoms. The molecular weight excluding hydrogens is 260 g/mol. The summed E-state index contributed by atoms with van der Waals surface area (Å²) in [7, 11) is 0. The average molecular weight is 280 g/mol. The summed E-state index contributed by atoms with van der Waals surface area (Å²) in [5.41, 5.74) is 12.1. The highest BCUT2D eigenvalue weighted by Gasteiger charge is 2.24. The molecule has 3 rings (SSSR count). The Balaban J connectivity index is 1.91. The third kappa shape index (κ3) is 2.40. The molecule has 1 amide bonds. The second-order valence-corrected chi connectivity index (χ2v) is 5.73. The molecule has 0 saturated carbocycles. The third-order valence-electron chi connectivity index (χ3n) is 4.28. The summed E-state index contributed by atoms with van der Waals surface area (Å²) in [6.07, 6.45) is 0.832. The van der Waals surface area contributed by atoms with E-state index in [1.165, 1.54) is 11.1 Å². The minimum absolute atomic E-state index is 0.124. The zero-order chi connectivity index (χ0) is 15.0. The molecule has 0 aromatic heterocycles. The first-order valence-corrected chi connectivity index (χ1v) is 7.29. The van der Waals surface area contributed by atoms with Crippen molar-refractivity contribution in [2.75, 3.05) is 12.3 Å². The van der Waals surface area contributed by atoms with Crippen molar-refractivity contribution in [3.63, 3.8) is 0 Å². The molecule has 3 heteroatoms. The summed E-state index contributed by atoms with van der Waals surface area (Å²) in [4.78, 5) is 14.8. The van der Waals surface area contributed by atoms with Gasteiger partial charge in [0.25, 0.3) is 5.91 Å². The van der Waals surface area contributed by atoms with Crippen molar-refractivity contribution in [3.05, 3.63) is 64.2 Å². The number of carbonyl (C=O) groups excluding carboxylic acids is 1. The highest BCUT2D eigenvalue weighted by atomic mass is 16.2. The van der Waals surface area contributed by atoms with Crippen molar-refractivity contribution in [1.82, 2.24) is 4.90 Å². The van der Waals surface area contributed by atoms with Gasteiger partial charge in [0.05, 0.1) is 0 Å². The van der Waals surface area contributed by atoms with Gasteiger partial charge in [-0.05, 0) is 48.6 Å². The molecule has 3 nitrogen and oxygen atoms in total. The first kappa shape index (κ1) is 13.7. The normalized spacial score (nSPS) is 13.9. The number of nitrogen functional groups attached to an aromatic ring is 1. The molecule has 2 N–H and O–H groups in total. The van der Waals surface area contributed by atoms with Crippen LogP contribution >= 0.6 is 0 Å². The number of hydrogen-bond donors (Lipinski definition) is 1. The topological polar surface area (TPSA) is 46.3 Å². The number of rotatable bonds is 1. The fraction of sp³-hybridized carbons (Fsp3) is 0.278. The van der Waals surface area contributed by atoms with Crippen LogP contribution in [0.5, 0.6) is 0 Å². The third-order valence-corrected chi connectivity index (χ3v) is 4.28. The van der Waals surface area contributed by atoms with E-state index in [0.29, 0.717) is 6.54 Å². The van der Waals surface area contributed by atoms with Gasteiger partial charge < -0.3 is 10.6 Å². The van der Waals surface area contributed by atoms with Crippen LogP contribution in [0.2, 0.25) is 0 Å². The van der Waals surface area contributed by atoms with Gasteiger partial charge in [-0.3, -0.25) is 4.79 Å². The number of nitrogens with zero attached hydrogens (tertiary/aromatic N) is 1. The molecule has 1 aliphatic heterocycles. The van der Waals surface area contributed by atoms with Crippen LogP contribution in [-0.4, -0.2) is 17.4 Å². The van der Waals surface area contributed by atoms with Crippen LogP contribution in [0.4, 0.5) is 5.69 Å². The van der Waals surface area contributed by atoms with E-state index in [9.17, 15) is 4.79 Å². The molecule has 1 heterocycles. The van der Waals surface area contributed by atoms with Crippen LogP contribution < -0.4 is 5.73 Å². The number of anilines is 1. The van der Waals surface area contributed by atoms with Gasteiger partial charge in [0.15, 0.2) is 0 Å². The van der Waals surface area contributed by atoms with E-state index in [1.807, 2.05) is 49.1 Å². The lowest BCUT2D eigenvalue weighted by molar-refractivity contribution is 0.0733. The molecule has 0 radical (unpaired) electrons. The molecule has 0 aliphatic carbocycles. The number of aryl methyl sites for hydroxylation is 2. The van der Waals surface area contributed by atoms with Gasteiger partial charge in [0.2, 0.25) is 0 Å². The Kier molecular flexibility index (Phi) is 3.42. The number of nitrogens with two attached hydrogens (primary N) is 1. The minimum atomic E-state index is 0.124. The van der Waals surface area contributed by atoms with Gasteiger partial charge in [-0.25, -0.2) is 0 Å². The maximum absolute atomic E-state index is 12.8. The predicted octanol–water partition coefficient (Wildman–Crippen LogP) is 3.08. The fourth-order valence-electron chi connectivity index (χ4n) is 3.12. The van der Waals surface area contributed by atoms with Gasteiger partial charge in [-0.2, -0.15) is 0 Å². The van der Waals surface area contributed by atoms with Crippen molar-refractivity contribution >= 4 is 11.6 Å². The minimum Gasteiger partial charge on any atom is -0.398 e. The van der Waals surface area contributed by atoms with E-state index in [2.05, 4.69) is 6.07 Å². The highest BCUT2D eigenvalue weighted by Crippen LogP contribution is 2.26. The van der Waals surface area contributed by atoms with Crippen molar-refractivity contribution in [1.29, 1.82) is 0 Å². The van der Waals surface area contributed by atoms with E-state index < -0.39 is 0 Å². The molecule has 0 saturated heterocycles. The Hall–Kier alpha value is -2.29. The average Bonchev–Trinajstić information content (AvgIpc) is 2.47. The molecule has 2 aromatic rings. The molecule has 0 unspecified atom stereocenters. The van der Waals surface area contributed by atoms with Gasteiger partial charge in [0.1, 0.15) is 0 Å². The van der Waals surface area contributed by atoms with Gasteiger partial charge >= 0.3 is 0 Å². The molecule has 0 bridgehead atoms. The summed E-state index contributed by atoms with van der Waals surface area (Å²) < 4.78 is 0. The predicted molar refractivity (Wildman–Crippen MR) is 85.2 cm³/mol. The zero-order valence-corrected chi connectivity index (χ0v) is 12.5. The first-order chi connectivity index (χ1) is 10.1. The lowest BCUT2D eigenvalue weighted by atomic mass is 9.96.